The SMILES string of the molecule is CC1=NC(=O)C(I)C(Oc2cc(C)cc(C)c2)=C1CCCc1ccccc1. The van der Waals surface area contributed by atoms with Crippen LogP contribution < -0.4 is 4.74 Å². The van der Waals surface area contributed by atoms with Crippen molar-refractivity contribution >= 4 is 34.2 Å². The Hall–Kier alpha value is -1.95. The summed E-state index contributed by atoms with van der Waals surface area (Å²) in [7, 11) is 0. The number of dihydropyridines is 1. The van der Waals surface area contributed by atoms with Crippen molar-refractivity contribution in [1.82, 2.24) is 0 Å². The minimum absolute atomic E-state index is 0.140. The summed E-state index contributed by atoms with van der Waals surface area (Å²) in [6.45, 7) is 6.01. The first kappa shape index (κ1) is 19.8. The van der Waals surface area contributed by atoms with E-state index in [0.29, 0.717) is 0 Å². The number of nitrogens with zero attached hydrogens (tertiary/aromatic N) is 1. The summed E-state index contributed by atoms with van der Waals surface area (Å²) >= 11 is 2.14. The van der Waals surface area contributed by atoms with Crippen LogP contribution in [0.25, 0.3) is 0 Å². The summed E-state index contributed by atoms with van der Waals surface area (Å²) in [4.78, 5) is 16.5. The molecule has 0 bridgehead atoms. The van der Waals surface area contributed by atoms with Crippen LogP contribution in [0.1, 0.15) is 36.5 Å². The van der Waals surface area contributed by atoms with Gasteiger partial charge in [-0.05, 0) is 68.9 Å². The van der Waals surface area contributed by atoms with Crippen molar-refractivity contribution in [2.24, 2.45) is 4.99 Å². The molecule has 1 aliphatic heterocycles. The average molecular weight is 473 g/mol. The average Bonchev–Trinajstić information content (AvgIpc) is 2.62. The fraction of sp³-hybridized carbons (Fsp3) is 0.304. The van der Waals surface area contributed by atoms with E-state index in [2.05, 4.69) is 71.8 Å². The van der Waals surface area contributed by atoms with Crippen LogP contribution in [0.15, 0.2) is 64.9 Å². The Morgan fingerprint density at radius 3 is 2.33 bits per heavy atom. The lowest BCUT2D eigenvalue weighted by atomic mass is 9.97. The molecule has 1 unspecified atom stereocenters. The molecule has 4 heteroatoms. The molecule has 1 amide bonds. The van der Waals surface area contributed by atoms with Crippen molar-refractivity contribution in [3.63, 3.8) is 0 Å². The lowest BCUT2D eigenvalue weighted by Gasteiger charge is -2.23. The second-order valence-electron chi connectivity index (χ2n) is 7.01. The Bertz CT molecular complexity index is 880. The number of rotatable bonds is 6. The van der Waals surface area contributed by atoms with E-state index in [1.54, 1.807) is 0 Å². The second kappa shape index (κ2) is 8.83. The van der Waals surface area contributed by atoms with E-state index in [1.165, 1.54) is 5.56 Å². The van der Waals surface area contributed by atoms with E-state index in [0.717, 1.165) is 53.2 Å². The molecule has 2 aromatic rings. The molecular weight excluding hydrogens is 449 g/mol. The highest BCUT2D eigenvalue weighted by atomic mass is 127. The van der Waals surface area contributed by atoms with Gasteiger partial charge in [0.15, 0.2) is 0 Å². The molecule has 0 aliphatic carbocycles. The van der Waals surface area contributed by atoms with Crippen LogP contribution in [0.3, 0.4) is 0 Å². The molecule has 0 saturated carbocycles. The third-order valence-electron chi connectivity index (χ3n) is 4.62. The van der Waals surface area contributed by atoms with Crippen LogP contribution in [0.5, 0.6) is 5.75 Å². The molecule has 0 saturated heterocycles. The molecule has 2 aromatic carbocycles. The van der Waals surface area contributed by atoms with Crippen molar-refractivity contribution in [2.75, 3.05) is 0 Å². The van der Waals surface area contributed by atoms with Crippen LogP contribution >= 0.6 is 22.6 Å². The van der Waals surface area contributed by atoms with Crippen LogP contribution in [-0.2, 0) is 11.2 Å². The van der Waals surface area contributed by atoms with Gasteiger partial charge in [0.05, 0.1) is 0 Å². The molecule has 140 valence electrons. The van der Waals surface area contributed by atoms with Gasteiger partial charge in [-0.25, -0.2) is 4.99 Å². The smallest absolute Gasteiger partial charge is 0.266 e. The van der Waals surface area contributed by atoms with Crippen molar-refractivity contribution in [1.29, 1.82) is 0 Å². The standard InChI is InChI=1S/C23H24INO2/c1-15-12-16(2)14-19(13-15)27-22-20(17(3)25-23(26)21(22)24)11-7-10-18-8-5-4-6-9-18/h4-6,8-9,12-14,21H,7,10-11H2,1-3H3. The van der Waals surface area contributed by atoms with Crippen LogP contribution in [0, 0.1) is 13.8 Å². The van der Waals surface area contributed by atoms with Crippen LogP contribution in [-0.4, -0.2) is 15.5 Å². The Balaban J connectivity index is 1.84. The van der Waals surface area contributed by atoms with Gasteiger partial charge in [-0.3, -0.25) is 4.79 Å². The first-order chi connectivity index (χ1) is 12.9. The number of halogens is 1. The van der Waals surface area contributed by atoms with Gasteiger partial charge in [-0.15, -0.1) is 0 Å². The van der Waals surface area contributed by atoms with Gasteiger partial charge in [0, 0.05) is 11.3 Å². The fourth-order valence-corrected chi connectivity index (χ4v) is 4.03. The predicted octanol–water partition coefficient (Wildman–Crippen LogP) is 5.76. The van der Waals surface area contributed by atoms with E-state index >= 15 is 0 Å². The number of carbonyl (C=O) groups excluding carboxylic acids is 1. The normalized spacial score (nSPS) is 17.1. The summed E-state index contributed by atoms with van der Waals surface area (Å²) in [5.41, 5.74) is 5.45. The Morgan fingerprint density at radius 1 is 1.00 bits per heavy atom. The molecule has 0 fully saturated rings. The molecule has 0 spiro atoms. The molecule has 1 heterocycles. The number of alkyl halides is 1. The summed E-state index contributed by atoms with van der Waals surface area (Å²) < 4.78 is 5.88. The topological polar surface area (TPSA) is 38.7 Å². The third kappa shape index (κ3) is 5.06. The summed E-state index contributed by atoms with van der Waals surface area (Å²) in [6.07, 6.45) is 2.83. The van der Waals surface area contributed by atoms with Crippen molar-refractivity contribution in [3.8, 4) is 5.75 Å². The first-order valence-electron chi connectivity index (χ1n) is 9.20. The minimum Gasteiger partial charge on any atom is -0.460 e. The van der Waals surface area contributed by atoms with E-state index in [9.17, 15) is 4.79 Å². The van der Waals surface area contributed by atoms with Crippen molar-refractivity contribution < 1.29 is 9.53 Å². The second-order valence-corrected chi connectivity index (χ2v) is 8.25. The number of hydrogen-bond donors (Lipinski definition) is 0. The Labute approximate surface area is 174 Å². The van der Waals surface area contributed by atoms with Gasteiger partial charge in [-0.1, -0.05) is 59.0 Å². The van der Waals surface area contributed by atoms with Gasteiger partial charge in [0.1, 0.15) is 15.4 Å². The van der Waals surface area contributed by atoms with Gasteiger partial charge in [0.2, 0.25) is 0 Å². The van der Waals surface area contributed by atoms with Crippen molar-refractivity contribution in [2.45, 2.75) is 44.0 Å². The maximum atomic E-state index is 12.3. The molecule has 0 radical (unpaired) electrons. The lowest BCUT2D eigenvalue weighted by molar-refractivity contribution is -0.116. The number of ether oxygens (including phenoxy) is 1. The van der Waals surface area contributed by atoms with Gasteiger partial charge in [-0.2, -0.15) is 0 Å². The number of allylic oxidation sites excluding steroid dienone is 1. The molecule has 3 nitrogen and oxygen atoms in total. The molecule has 3 rings (SSSR count). The molecule has 1 aliphatic rings. The number of amides is 1. The quantitative estimate of drug-likeness (QED) is 0.395. The van der Waals surface area contributed by atoms with Crippen LogP contribution in [0.4, 0.5) is 0 Å². The third-order valence-corrected chi connectivity index (χ3v) is 5.72. The summed E-state index contributed by atoms with van der Waals surface area (Å²) in [5, 5.41) is 0. The summed E-state index contributed by atoms with van der Waals surface area (Å²) in [5.74, 6) is 1.39. The zero-order valence-electron chi connectivity index (χ0n) is 16.0. The van der Waals surface area contributed by atoms with Gasteiger partial charge in [0.25, 0.3) is 5.91 Å². The first-order valence-corrected chi connectivity index (χ1v) is 10.5. The predicted molar refractivity (Wildman–Crippen MR) is 119 cm³/mol. The molecule has 1 atom stereocenters. The van der Waals surface area contributed by atoms with E-state index < -0.39 is 0 Å². The highest BCUT2D eigenvalue weighted by Gasteiger charge is 2.30. The van der Waals surface area contributed by atoms with E-state index in [1.807, 2.05) is 25.1 Å². The number of hydrogen-bond acceptors (Lipinski definition) is 2. The Kier molecular flexibility index (Phi) is 6.47. The fourth-order valence-electron chi connectivity index (χ4n) is 3.38. The van der Waals surface area contributed by atoms with Crippen molar-refractivity contribution in [3.05, 3.63) is 76.6 Å². The highest BCUT2D eigenvalue weighted by Crippen LogP contribution is 2.31. The molecular formula is C23H24INO2. The van der Waals surface area contributed by atoms with E-state index in [-0.39, 0.29) is 9.83 Å². The zero-order chi connectivity index (χ0) is 19.4. The number of carbonyl (C=O) groups is 1. The Morgan fingerprint density at radius 2 is 1.67 bits per heavy atom. The largest absolute Gasteiger partial charge is 0.460 e. The number of benzene rings is 2. The molecule has 0 N–H and O–H groups in total. The lowest BCUT2D eigenvalue weighted by Crippen LogP contribution is -2.27. The monoisotopic (exact) mass is 473 g/mol. The maximum absolute atomic E-state index is 12.3. The molecule has 0 aromatic heterocycles. The van der Waals surface area contributed by atoms with E-state index in [4.69, 9.17) is 4.74 Å². The highest BCUT2D eigenvalue weighted by molar-refractivity contribution is 14.1. The number of aliphatic imine (C=N–C) groups is 1. The van der Waals surface area contributed by atoms with Gasteiger partial charge < -0.3 is 4.74 Å². The van der Waals surface area contributed by atoms with Crippen LogP contribution in [0.2, 0.25) is 0 Å². The molecule has 27 heavy (non-hydrogen) atoms. The number of aryl methyl sites for hydroxylation is 3. The van der Waals surface area contributed by atoms with Gasteiger partial charge >= 0.3 is 0 Å². The maximum Gasteiger partial charge on any atom is 0.266 e. The summed E-state index contributed by atoms with van der Waals surface area (Å²) in [6, 6.07) is 16.6. The minimum atomic E-state index is -0.376. The zero-order valence-corrected chi connectivity index (χ0v) is 18.1.